The molecule has 2 fully saturated rings. The SMILES string of the molecule is Cc1ccc(Cl)cc1-c1ccc(/C=N\Nc2nc(N3CCOCC3)nc(N3CCOCC3)n2)o1. The summed E-state index contributed by atoms with van der Waals surface area (Å²) < 4.78 is 16.9. The van der Waals surface area contributed by atoms with E-state index in [2.05, 4.69) is 30.3 Å². The molecule has 4 heterocycles. The molecule has 2 aromatic heterocycles. The molecule has 0 saturated carbocycles. The van der Waals surface area contributed by atoms with Gasteiger partial charge in [-0.15, -0.1) is 0 Å². The Morgan fingerprint density at radius 3 is 2.21 bits per heavy atom. The number of benzene rings is 1. The number of morpholine rings is 2. The molecule has 11 heteroatoms. The van der Waals surface area contributed by atoms with E-state index in [9.17, 15) is 0 Å². The van der Waals surface area contributed by atoms with E-state index in [1.54, 1.807) is 6.21 Å². The van der Waals surface area contributed by atoms with Crippen LogP contribution in [0.25, 0.3) is 11.3 Å². The summed E-state index contributed by atoms with van der Waals surface area (Å²) in [6.45, 7) is 7.52. The number of rotatable bonds is 6. The fourth-order valence-electron chi connectivity index (χ4n) is 3.79. The second kappa shape index (κ2) is 10.4. The number of ether oxygens (including phenoxy) is 2. The second-order valence-electron chi connectivity index (χ2n) is 7.99. The van der Waals surface area contributed by atoms with Gasteiger partial charge in [-0.3, -0.25) is 0 Å². The van der Waals surface area contributed by atoms with Crippen molar-refractivity contribution >= 4 is 35.7 Å². The lowest BCUT2D eigenvalue weighted by molar-refractivity contribution is 0.121. The van der Waals surface area contributed by atoms with Crippen LogP contribution in [-0.2, 0) is 9.47 Å². The molecule has 178 valence electrons. The van der Waals surface area contributed by atoms with Gasteiger partial charge in [0.25, 0.3) is 0 Å². The number of hydrazone groups is 1. The third kappa shape index (κ3) is 5.30. The molecule has 1 aromatic carbocycles. The Hall–Kier alpha value is -3.21. The predicted octanol–water partition coefficient (Wildman–Crippen LogP) is 3.21. The summed E-state index contributed by atoms with van der Waals surface area (Å²) >= 11 is 6.14. The highest BCUT2D eigenvalue weighted by Crippen LogP contribution is 2.28. The normalized spacial score (nSPS) is 16.9. The number of furan rings is 1. The molecule has 0 amide bonds. The van der Waals surface area contributed by atoms with Crippen molar-refractivity contribution in [3.05, 3.63) is 46.7 Å². The lowest BCUT2D eigenvalue weighted by Crippen LogP contribution is -2.40. The van der Waals surface area contributed by atoms with Crippen molar-refractivity contribution in [2.45, 2.75) is 6.92 Å². The van der Waals surface area contributed by atoms with Crippen LogP contribution in [0, 0.1) is 6.92 Å². The van der Waals surface area contributed by atoms with Gasteiger partial charge in [0, 0.05) is 36.8 Å². The summed E-state index contributed by atoms with van der Waals surface area (Å²) in [4.78, 5) is 18.0. The van der Waals surface area contributed by atoms with Crippen LogP contribution in [0.15, 0.2) is 39.9 Å². The maximum atomic E-state index is 6.14. The molecular weight excluding hydrogens is 458 g/mol. The maximum Gasteiger partial charge on any atom is 0.250 e. The zero-order valence-electron chi connectivity index (χ0n) is 18.9. The van der Waals surface area contributed by atoms with Crippen LogP contribution in [-0.4, -0.2) is 73.8 Å². The monoisotopic (exact) mass is 483 g/mol. The van der Waals surface area contributed by atoms with Crippen molar-refractivity contribution in [1.82, 2.24) is 15.0 Å². The Bertz CT molecular complexity index is 1120. The minimum Gasteiger partial charge on any atom is -0.455 e. The van der Waals surface area contributed by atoms with Crippen molar-refractivity contribution in [3.63, 3.8) is 0 Å². The molecule has 0 atom stereocenters. The number of nitrogens with zero attached hydrogens (tertiary/aromatic N) is 6. The van der Waals surface area contributed by atoms with Gasteiger partial charge in [0.2, 0.25) is 17.8 Å². The molecule has 2 saturated heterocycles. The summed E-state index contributed by atoms with van der Waals surface area (Å²) in [6.07, 6.45) is 1.59. The molecule has 3 aromatic rings. The largest absolute Gasteiger partial charge is 0.455 e. The van der Waals surface area contributed by atoms with E-state index >= 15 is 0 Å². The average Bonchev–Trinajstić information content (AvgIpc) is 3.35. The number of aryl methyl sites for hydroxylation is 1. The fourth-order valence-corrected chi connectivity index (χ4v) is 3.97. The first kappa shape index (κ1) is 22.6. The van der Waals surface area contributed by atoms with Gasteiger partial charge < -0.3 is 23.7 Å². The minimum absolute atomic E-state index is 0.367. The summed E-state index contributed by atoms with van der Waals surface area (Å²) in [6, 6.07) is 9.47. The van der Waals surface area contributed by atoms with Crippen LogP contribution in [0.4, 0.5) is 17.8 Å². The van der Waals surface area contributed by atoms with Gasteiger partial charge in [-0.05, 0) is 36.8 Å². The first-order valence-electron chi connectivity index (χ1n) is 11.2. The molecule has 2 aliphatic heterocycles. The molecule has 34 heavy (non-hydrogen) atoms. The lowest BCUT2D eigenvalue weighted by atomic mass is 10.1. The predicted molar refractivity (Wildman–Crippen MR) is 131 cm³/mol. The standard InChI is InChI=1S/C23H26ClN7O3/c1-16-2-3-17(24)14-19(16)20-5-4-18(34-20)15-25-29-21-26-22(30-6-10-32-11-7-30)28-23(27-21)31-8-12-33-13-9-31/h2-5,14-15H,6-13H2,1H3,(H,26,27,28,29)/b25-15-. The van der Waals surface area contributed by atoms with E-state index in [1.165, 1.54) is 0 Å². The highest BCUT2D eigenvalue weighted by atomic mass is 35.5. The number of hydrogen-bond acceptors (Lipinski definition) is 10. The van der Waals surface area contributed by atoms with Crippen LogP contribution in [0.3, 0.4) is 0 Å². The smallest absolute Gasteiger partial charge is 0.250 e. The van der Waals surface area contributed by atoms with Gasteiger partial charge in [-0.2, -0.15) is 20.1 Å². The molecule has 0 aliphatic carbocycles. The van der Waals surface area contributed by atoms with E-state index in [0.29, 0.717) is 55.1 Å². The van der Waals surface area contributed by atoms with E-state index in [4.69, 9.17) is 30.5 Å². The van der Waals surface area contributed by atoms with Crippen molar-refractivity contribution in [1.29, 1.82) is 0 Å². The summed E-state index contributed by atoms with van der Waals surface area (Å²) in [5, 5.41) is 4.96. The molecular formula is C23H26ClN7O3. The molecule has 1 N–H and O–H groups in total. The fraction of sp³-hybridized carbons (Fsp3) is 0.391. The maximum absolute atomic E-state index is 6.14. The van der Waals surface area contributed by atoms with Gasteiger partial charge in [0.05, 0.1) is 32.6 Å². The van der Waals surface area contributed by atoms with E-state index in [-0.39, 0.29) is 0 Å². The van der Waals surface area contributed by atoms with Crippen molar-refractivity contribution in [2.75, 3.05) is 67.8 Å². The molecule has 2 aliphatic rings. The van der Waals surface area contributed by atoms with Crippen molar-refractivity contribution in [3.8, 4) is 11.3 Å². The van der Waals surface area contributed by atoms with Crippen molar-refractivity contribution < 1.29 is 13.9 Å². The van der Waals surface area contributed by atoms with Crippen molar-refractivity contribution in [2.24, 2.45) is 5.10 Å². The van der Waals surface area contributed by atoms with E-state index in [1.807, 2.05) is 37.3 Å². The zero-order chi connectivity index (χ0) is 23.3. The highest BCUT2D eigenvalue weighted by Gasteiger charge is 2.20. The molecule has 5 rings (SSSR count). The Labute approximate surface area is 202 Å². The average molecular weight is 484 g/mol. The first-order valence-corrected chi connectivity index (χ1v) is 11.6. The van der Waals surface area contributed by atoms with Gasteiger partial charge in [0.1, 0.15) is 11.5 Å². The molecule has 0 bridgehead atoms. The quantitative estimate of drug-likeness (QED) is 0.418. The summed E-state index contributed by atoms with van der Waals surface area (Å²) in [5.41, 5.74) is 4.96. The molecule has 0 unspecified atom stereocenters. The second-order valence-corrected chi connectivity index (χ2v) is 8.43. The molecule has 0 radical (unpaired) electrons. The van der Waals surface area contributed by atoms with Crippen LogP contribution in [0.1, 0.15) is 11.3 Å². The highest BCUT2D eigenvalue weighted by molar-refractivity contribution is 6.30. The van der Waals surface area contributed by atoms with E-state index in [0.717, 1.165) is 43.1 Å². The van der Waals surface area contributed by atoms with Gasteiger partial charge in [0.15, 0.2) is 0 Å². The Morgan fingerprint density at radius 2 is 1.56 bits per heavy atom. The third-order valence-electron chi connectivity index (χ3n) is 5.65. The van der Waals surface area contributed by atoms with Gasteiger partial charge >= 0.3 is 0 Å². The number of hydrogen-bond donors (Lipinski definition) is 1. The topological polar surface area (TPSA) is 101 Å². The van der Waals surface area contributed by atoms with E-state index < -0.39 is 0 Å². The molecule has 10 nitrogen and oxygen atoms in total. The van der Waals surface area contributed by atoms with Gasteiger partial charge in [-0.25, -0.2) is 5.43 Å². The summed E-state index contributed by atoms with van der Waals surface area (Å²) in [5.74, 6) is 2.90. The van der Waals surface area contributed by atoms with Crippen LogP contribution in [0.2, 0.25) is 5.02 Å². The van der Waals surface area contributed by atoms with Crippen LogP contribution >= 0.6 is 11.6 Å². The number of aromatic nitrogens is 3. The third-order valence-corrected chi connectivity index (χ3v) is 5.88. The Balaban J connectivity index is 1.34. The van der Waals surface area contributed by atoms with Gasteiger partial charge in [-0.1, -0.05) is 17.7 Å². The Morgan fingerprint density at radius 1 is 0.912 bits per heavy atom. The van der Waals surface area contributed by atoms with Crippen LogP contribution in [0.5, 0.6) is 0 Å². The molecule has 0 spiro atoms. The number of anilines is 3. The number of nitrogens with one attached hydrogen (secondary N) is 1. The number of halogens is 1. The lowest BCUT2D eigenvalue weighted by Gasteiger charge is -2.30. The van der Waals surface area contributed by atoms with Crippen LogP contribution < -0.4 is 15.2 Å². The minimum atomic E-state index is 0.367. The Kier molecular flexibility index (Phi) is 6.89. The zero-order valence-corrected chi connectivity index (χ0v) is 19.7. The summed E-state index contributed by atoms with van der Waals surface area (Å²) in [7, 11) is 0. The first-order chi connectivity index (χ1) is 16.7.